The molecule has 0 bridgehead atoms. The van der Waals surface area contributed by atoms with Gasteiger partial charge in [0.05, 0.1) is 10.5 Å². The molecule has 1 nitrogen and oxygen atoms in total. The fraction of sp³-hybridized carbons (Fsp3) is 0.100. The van der Waals surface area contributed by atoms with Gasteiger partial charge in [0.25, 0.3) is 0 Å². The molecule has 0 amide bonds. The number of nitrogens with zero attached hydrogens (tertiary/aromatic N) is 1. The predicted octanol–water partition coefficient (Wildman–Crippen LogP) is 4.72. The topological polar surface area (TPSA) is 12.9 Å². The van der Waals surface area contributed by atoms with Gasteiger partial charge in [-0.05, 0) is 41.1 Å². The molecule has 0 atom stereocenters. The van der Waals surface area contributed by atoms with Crippen LogP contribution in [0.15, 0.2) is 27.1 Å². The molecule has 0 N–H and O–H groups in total. The lowest BCUT2D eigenvalue weighted by atomic mass is 10.2. The number of benzene rings is 1. The number of rotatable bonds is 0. The van der Waals surface area contributed by atoms with Crippen LogP contribution in [0.1, 0.15) is 5.69 Å². The summed E-state index contributed by atoms with van der Waals surface area (Å²) in [5, 5.41) is 1.69. The highest BCUT2D eigenvalue weighted by atomic mass is 79.9. The summed E-state index contributed by atoms with van der Waals surface area (Å²) >= 11 is 13.0. The van der Waals surface area contributed by atoms with Gasteiger partial charge in [-0.25, -0.2) is 0 Å². The normalized spacial score (nSPS) is 10.9. The quantitative estimate of drug-likeness (QED) is 0.679. The molecule has 0 saturated carbocycles. The van der Waals surface area contributed by atoms with E-state index >= 15 is 0 Å². The van der Waals surface area contributed by atoms with Gasteiger partial charge >= 0.3 is 0 Å². The van der Waals surface area contributed by atoms with Crippen molar-refractivity contribution < 1.29 is 0 Å². The minimum atomic E-state index is 0.731. The summed E-state index contributed by atoms with van der Waals surface area (Å²) in [4.78, 5) is 4.42. The third-order valence-electron chi connectivity index (χ3n) is 1.91. The highest BCUT2D eigenvalue weighted by Crippen LogP contribution is 2.31. The van der Waals surface area contributed by atoms with E-state index in [0.29, 0.717) is 0 Å². The lowest BCUT2D eigenvalue weighted by Gasteiger charge is -2.04. The molecule has 1 aromatic carbocycles. The van der Waals surface area contributed by atoms with Crippen molar-refractivity contribution in [1.29, 1.82) is 0 Å². The van der Waals surface area contributed by atoms with Gasteiger partial charge in [0.2, 0.25) is 0 Å². The number of hydrogen-bond acceptors (Lipinski definition) is 1. The molecule has 2 aromatic rings. The molecule has 14 heavy (non-hydrogen) atoms. The first-order valence-electron chi connectivity index (χ1n) is 4.00. The zero-order valence-electron chi connectivity index (χ0n) is 7.31. The number of hydrogen-bond donors (Lipinski definition) is 0. The van der Waals surface area contributed by atoms with E-state index in [1.54, 1.807) is 0 Å². The Morgan fingerprint density at radius 2 is 1.93 bits per heavy atom. The Labute approximate surface area is 104 Å². The minimum Gasteiger partial charge on any atom is -0.252 e. The number of aromatic nitrogens is 1. The Hall–Kier alpha value is -0.120. The molecule has 2 rings (SSSR count). The lowest BCUT2D eigenvalue weighted by molar-refractivity contribution is 1.25. The Kier molecular flexibility index (Phi) is 2.82. The molecule has 0 aliphatic rings. The molecule has 1 heterocycles. The predicted molar refractivity (Wildman–Crippen MR) is 66.9 cm³/mol. The molecule has 0 aliphatic heterocycles. The minimum absolute atomic E-state index is 0.731. The second-order valence-corrected chi connectivity index (χ2v) is 5.21. The van der Waals surface area contributed by atoms with Gasteiger partial charge in [0.1, 0.15) is 0 Å². The van der Waals surface area contributed by atoms with Crippen LogP contribution < -0.4 is 0 Å². The Balaban J connectivity index is 2.94. The van der Waals surface area contributed by atoms with Crippen LogP contribution in [0.5, 0.6) is 0 Å². The summed E-state index contributed by atoms with van der Waals surface area (Å²) < 4.78 is 1.94. The van der Waals surface area contributed by atoms with Gasteiger partial charge < -0.3 is 0 Å². The molecule has 4 heteroatoms. The van der Waals surface area contributed by atoms with Crippen molar-refractivity contribution in [1.82, 2.24) is 4.98 Å². The van der Waals surface area contributed by atoms with Crippen LogP contribution in [0.3, 0.4) is 0 Å². The van der Waals surface area contributed by atoms with Crippen molar-refractivity contribution in [3.8, 4) is 0 Å². The Morgan fingerprint density at radius 1 is 1.21 bits per heavy atom. The van der Waals surface area contributed by atoms with Gasteiger partial charge in [-0.15, -0.1) is 0 Å². The highest BCUT2D eigenvalue weighted by Gasteiger charge is 2.06. The Bertz CT molecular complexity index is 464. The van der Waals surface area contributed by atoms with Gasteiger partial charge in [0.15, 0.2) is 0 Å². The maximum absolute atomic E-state index is 6.12. The number of aryl methyl sites for hydroxylation is 1. The largest absolute Gasteiger partial charge is 0.252 e. The van der Waals surface area contributed by atoms with E-state index in [9.17, 15) is 0 Å². The van der Waals surface area contributed by atoms with Crippen LogP contribution in [0.4, 0.5) is 0 Å². The van der Waals surface area contributed by atoms with E-state index < -0.39 is 0 Å². The molecule has 0 aliphatic carbocycles. The third-order valence-corrected chi connectivity index (χ3v) is 3.28. The summed E-state index contributed by atoms with van der Waals surface area (Å²) in [6, 6.07) is 5.79. The zero-order chi connectivity index (χ0) is 10.3. The molecule has 1 aromatic heterocycles. The fourth-order valence-electron chi connectivity index (χ4n) is 1.33. The van der Waals surface area contributed by atoms with Gasteiger partial charge in [-0.2, -0.15) is 0 Å². The van der Waals surface area contributed by atoms with Crippen LogP contribution in [-0.2, 0) is 0 Å². The van der Waals surface area contributed by atoms with Crippen molar-refractivity contribution in [3.05, 3.63) is 37.9 Å². The summed E-state index contributed by atoms with van der Waals surface area (Å²) in [5.41, 5.74) is 1.82. The molecule has 72 valence electrons. The average Bonchev–Trinajstić information content (AvgIpc) is 2.07. The smallest absolute Gasteiger partial charge is 0.0862 e. The fourth-order valence-corrected chi connectivity index (χ4v) is 2.95. The van der Waals surface area contributed by atoms with Crippen molar-refractivity contribution in [3.63, 3.8) is 0 Å². The second kappa shape index (κ2) is 3.80. The van der Waals surface area contributed by atoms with Crippen molar-refractivity contribution >= 4 is 54.4 Å². The molecule has 0 spiro atoms. The molecule has 0 unspecified atom stereocenters. The maximum atomic E-state index is 6.12. The van der Waals surface area contributed by atoms with Crippen molar-refractivity contribution in [2.75, 3.05) is 0 Å². The maximum Gasteiger partial charge on any atom is 0.0862 e. The summed E-state index contributed by atoms with van der Waals surface area (Å²) in [6.45, 7) is 1.93. The number of pyridine rings is 1. The first-order chi connectivity index (χ1) is 6.58. The van der Waals surface area contributed by atoms with Crippen molar-refractivity contribution in [2.45, 2.75) is 6.92 Å². The SMILES string of the molecule is Cc1cc(Cl)c2cc(Br)cc(Br)c2n1. The van der Waals surface area contributed by atoms with Gasteiger partial charge in [-0.3, -0.25) is 4.98 Å². The first kappa shape index (κ1) is 10.4. The summed E-state index contributed by atoms with van der Waals surface area (Å²) in [6.07, 6.45) is 0. The van der Waals surface area contributed by atoms with E-state index in [2.05, 4.69) is 36.8 Å². The molecular formula is C10H6Br2ClN. The van der Waals surface area contributed by atoms with E-state index in [4.69, 9.17) is 11.6 Å². The number of halogens is 3. The monoisotopic (exact) mass is 333 g/mol. The second-order valence-electron chi connectivity index (χ2n) is 3.03. The first-order valence-corrected chi connectivity index (χ1v) is 5.96. The summed E-state index contributed by atoms with van der Waals surface area (Å²) in [5.74, 6) is 0. The summed E-state index contributed by atoms with van der Waals surface area (Å²) in [7, 11) is 0. The zero-order valence-corrected chi connectivity index (χ0v) is 11.2. The van der Waals surface area contributed by atoms with E-state index in [-0.39, 0.29) is 0 Å². The molecule has 0 saturated heterocycles. The average molecular weight is 335 g/mol. The van der Waals surface area contributed by atoms with E-state index in [1.165, 1.54) is 0 Å². The molecule has 0 radical (unpaired) electrons. The molecule has 0 fully saturated rings. The van der Waals surface area contributed by atoms with Gasteiger partial charge in [-0.1, -0.05) is 27.5 Å². The van der Waals surface area contributed by atoms with Crippen LogP contribution in [0.2, 0.25) is 5.02 Å². The van der Waals surface area contributed by atoms with Gasteiger partial charge in [0, 0.05) is 20.0 Å². The third kappa shape index (κ3) is 1.81. The number of fused-ring (bicyclic) bond motifs is 1. The standard InChI is InChI=1S/C10H6Br2ClN/c1-5-2-9(13)7-3-6(11)4-8(12)10(7)14-5/h2-4H,1H3. The van der Waals surface area contributed by atoms with Crippen LogP contribution in [-0.4, -0.2) is 4.98 Å². The highest BCUT2D eigenvalue weighted by molar-refractivity contribution is 9.11. The Morgan fingerprint density at radius 3 is 2.64 bits per heavy atom. The van der Waals surface area contributed by atoms with E-state index in [0.717, 1.165) is 30.6 Å². The lowest BCUT2D eigenvalue weighted by Crippen LogP contribution is -1.86. The van der Waals surface area contributed by atoms with E-state index in [1.807, 2.05) is 25.1 Å². The molecular weight excluding hydrogens is 329 g/mol. The van der Waals surface area contributed by atoms with Crippen molar-refractivity contribution in [2.24, 2.45) is 0 Å². The van der Waals surface area contributed by atoms with Crippen LogP contribution >= 0.6 is 43.5 Å². The van der Waals surface area contributed by atoms with Crippen LogP contribution in [0.25, 0.3) is 10.9 Å². The van der Waals surface area contributed by atoms with Crippen LogP contribution in [0, 0.1) is 6.92 Å².